The zero-order valence-corrected chi connectivity index (χ0v) is 15.9. The van der Waals surface area contributed by atoms with Crippen molar-refractivity contribution in [2.75, 3.05) is 20.2 Å². The maximum atomic E-state index is 13.3. The first kappa shape index (κ1) is 18.7. The summed E-state index contributed by atoms with van der Waals surface area (Å²) in [6.45, 7) is 3.34. The van der Waals surface area contributed by atoms with Crippen molar-refractivity contribution in [1.29, 1.82) is 0 Å². The van der Waals surface area contributed by atoms with Crippen LogP contribution in [0.2, 0.25) is 0 Å². The highest BCUT2D eigenvalue weighted by atomic mass is 19.3. The zero-order valence-electron chi connectivity index (χ0n) is 15.9. The van der Waals surface area contributed by atoms with Crippen molar-refractivity contribution >= 4 is 5.91 Å². The van der Waals surface area contributed by atoms with E-state index < -0.39 is 12.0 Å². The maximum absolute atomic E-state index is 13.3. The van der Waals surface area contributed by atoms with Gasteiger partial charge in [0.25, 0.3) is 6.43 Å². The average Bonchev–Trinajstić information content (AvgIpc) is 2.52. The Bertz CT molecular complexity index is 727. The molecule has 1 spiro atoms. The van der Waals surface area contributed by atoms with E-state index in [0.717, 1.165) is 25.9 Å². The molecule has 0 unspecified atom stereocenters. The largest absolute Gasteiger partial charge is 0.497 e. The van der Waals surface area contributed by atoms with Crippen LogP contribution in [0.15, 0.2) is 18.2 Å². The molecule has 0 radical (unpaired) electrons. The number of hydrogen-bond acceptors (Lipinski definition) is 3. The van der Waals surface area contributed by atoms with Gasteiger partial charge in [-0.2, -0.15) is 0 Å². The number of alkyl halides is 2. The van der Waals surface area contributed by atoms with Crippen LogP contribution in [-0.4, -0.2) is 41.7 Å². The fraction of sp³-hybridized carbons (Fsp3) is 0.667. The Labute approximate surface area is 158 Å². The van der Waals surface area contributed by atoms with E-state index in [0.29, 0.717) is 36.5 Å². The second-order valence-electron chi connectivity index (χ2n) is 9.14. The molecule has 1 amide bonds. The van der Waals surface area contributed by atoms with Gasteiger partial charge in [-0.15, -0.1) is 0 Å². The van der Waals surface area contributed by atoms with E-state index in [1.165, 1.54) is 13.2 Å². The van der Waals surface area contributed by atoms with Crippen LogP contribution >= 0.6 is 0 Å². The SMILES string of the molecule is COc1ccc(CC2CC3(C2)CN(C(=O)[C@H]2C[C@@](C)(O)C2)C3)c(C(F)F)c1. The number of carbonyl (C=O) groups excluding carboxylic acids is 1. The van der Waals surface area contributed by atoms with E-state index in [1.807, 2.05) is 4.90 Å². The fourth-order valence-electron chi connectivity index (χ4n) is 5.32. The van der Waals surface area contributed by atoms with E-state index in [4.69, 9.17) is 4.74 Å². The molecular formula is C21H27F2NO3. The lowest BCUT2D eigenvalue weighted by Crippen LogP contribution is -2.66. The predicted molar refractivity (Wildman–Crippen MR) is 96.7 cm³/mol. The summed E-state index contributed by atoms with van der Waals surface area (Å²) in [4.78, 5) is 14.3. The molecule has 2 saturated carbocycles. The Balaban J connectivity index is 1.28. The number of rotatable bonds is 5. The fourth-order valence-corrected chi connectivity index (χ4v) is 5.32. The highest BCUT2D eigenvalue weighted by Crippen LogP contribution is 2.54. The molecule has 1 heterocycles. The first-order chi connectivity index (χ1) is 12.7. The van der Waals surface area contributed by atoms with Gasteiger partial charge in [0.15, 0.2) is 0 Å². The van der Waals surface area contributed by atoms with Crippen LogP contribution in [0.1, 0.15) is 50.2 Å². The molecule has 0 aromatic heterocycles. The summed E-state index contributed by atoms with van der Waals surface area (Å²) >= 11 is 0. The summed E-state index contributed by atoms with van der Waals surface area (Å²) in [5.41, 5.74) is 0.294. The third-order valence-electron chi connectivity index (χ3n) is 6.63. The molecule has 1 saturated heterocycles. The number of nitrogens with zero attached hydrogens (tertiary/aromatic N) is 1. The average molecular weight is 379 g/mol. The third kappa shape index (κ3) is 3.44. The number of aliphatic hydroxyl groups is 1. The summed E-state index contributed by atoms with van der Waals surface area (Å²) in [6, 6.07) is 4.93. The zero-order chi connectivity index (χ0) is 19.4. The third-order valence-corrected chi connectivity index (χ3v) is 6.63. The second-order valence-corrected chi connectivity index (χ2v) is 9.14. The molecule has 2 aliphatic carbocycles. The van der Waals surface area contributed by atoms with E-state index >= 15 is 0 Å². The first-order valence-electron chi connectivity index (χ1n) is 9.66. The van der Waals surface area contributed by atoms with Crippen molar-refractivity contribution in [2.24, 2.45) is 17.3 Å². The number of likely N-dealkylation sites (tertiary alicyclic amines) is 1. The van der Waals surface area contributed by atoms with Crippen molar-refractivity contribution in [3.63, 3.8) is 0 Å². The van der Waals surface area contributed by atoms with Crippen molar-refractivity contribution in [3.8, 4) is 5.75 Å². The van der Waals surface area contributed by atoms with Crippen molar-refractivity contribution < 1.29 is 23.4 Å². The Hall–Kier alpha value is -1.69. The Morgan fingerprint density at radius 1 is 1.30 bits per heavy atom. The molecule has 0 bridgehead atoms. The van der Waals surface area contributed by atoms with Crippen LogP contribution in [0.5, 0.6) is 5.75 Å². The molecule has 6 heteroatoms. The molecule has 3 fully saturated rings. The van der Waals surface area contributed by atoms with E-state index in [-0.39, 0.29) is 22.8 Å². The van der Waals surface area contributed by atoms with Crippen LogP contribution in [0, 0.1) is 17.3 Å². The lowest BCUT2D eigenvalue weighted by molar-refractivity contribution is -0.171. The highest BCUT2D eigenvalue weighted by molar-refractivity contribution is 5.81. The Morgan fingerprint density at radius 3 is 2.52 bits per heavy atom. The minimum Gasteiger partial charge on any atom is -0.497 e. The molecule has 0 atom stereocenters. The molecule has 148 valence electrons. The van der Waals surface area contributed by atoms with Gasteiger partial charge in [-0.25, -0.2) is 8.78 Å². The van der Waals surface area contributed by atoms with Gasteiger partial charge in [0, 0.05) is 30.0 Å². The monoisotopic (exact) mass is 379 g/mol. The minimum atomic E-state index is -2.50. The maximum Gasteiger partial charge on any atom is 0.264 e. The molecule has 1 aliphatic heterocycles. The summed E-state index contributed by atoms with van der Waals surface area (Å²) < 4.78 is 31.7. The van der Waals surface area contributed by atoms with Gasteiger partial charge in [-0.05, 0) is 62.6 Å². The normalized spacial score (nSPS) is 29.3. The topological polar surface area (TPSA) is 49.8 Å². The molecule has 27 heavy (non-hydrogen) atoms. The molecule has 4 nitrogen and oxygen atoms in total. The lowest BCUT2D eigenvalue weighted by Gasteiger charge is -2.60. The van der Waals surface area contributed by atoms with Crippen molar-refractivity contribution in [3.05, 3.63) is 29.3 Å². The van der Waals surface area contributed by atoms with Gasteiger partial charge < -0.3 is 14.7 Å². The molecule has 3 aliphatic rings. The van der Waals surface area contributed by atoms with E-state index in [9.17, 15) is 18.7 Å². The standard InChI is InChI=1S/C21H27F2NO3/c1-20(26)9-15(10-20)19(25)24-11-21(12-24)7-13(8-21)5-14-3-4-16(27-2)6-17(14)18(22)23/h3-4,6,13,15,18,26H,5,7-12H2,1-2H3/t15-,20+. The number of halogens is 2. The second kappa shape index (κ2) is 6.43. The summed E-state index contributed by atoms with van der Waals surface area (Å²) in [6.07, 6.45) is 1.27. The Morgan fingerprint density at radius 2 is 1.96 bits per heavy atom. The number of benzene rings is 1. The van der Waals surface area contributed by atoms with Crippen LogP contribution < -0.4 is 4.74 Å². The van der Waals surface area contributed by atoms with Crippen molar-refractivity contribution in [1.82, 2.24) is 4.90 Å². The summed E-state index contributed by atoms with van der Waals surface area (Å²) in [5, 5.41) is 9.80. The minimum absolute atomic E-state index is 0.0267. The number of methoxy groups -OCH3 is 1. The molecule has 1 N–H and O–H groups in total. The smallest absolute Gasteiger partial charge is 0.264 e. The number of ether oxygens (including phenoxy) is 1. The van der Waals surface area contributed by atoms with Crippen LogP contribution in [-0.2, 0) is 11.2 Å². The molecular weight excluding hydrogens is 352 g/mol. The van der Waals surface area contributed by atoms with Gasteiger partial charge in [0.1, 0.15) is 5.75 Å². The van der Waals surface area contributed by atoms with Crippen LogP contribution in [0.3, 0.4) is 0 Å². The number of hydrogen-bond donors (Lipinski definition) is 1. The van der Waals surface area contributed by atoms with Crippen LogP contribution in [0.4, 0.5) is 8.78 Å². The first-order valence-corrected chi connectivity index (χ1v) is 9.66. The lowest BCUT2D eigenvalue weighted by atomic mass is 9.56. The number of carbonyl (C=O) groups is 1. The van der Waals surface area contributed by atoms with Gasteiger partial charge in [-0.1, -0.05) is 6.07 Å². The molecule has 4 rings (SSSR count). The van der Waals surface area contributed by atoms with Crippen molar-refractivity contribution in [2.45, 2.75) is 51.1 Å². The predicted octanol–water partition coefficient (Wildman–Crippen LogP) is 3.57. The Kier molecular flexibility index (Phi) is 4.45. The van der Waals surface area contributed by atoms with Gasteiger partial charge in [0.05, 0.1) is 12.7 Å². The highest BCUT2D eigenvalue weighted by Gasteiger charge is 2.55. The van der Waals surface area contributed by atoms with Crippen LogP contribution in [0.25, 0.3) is 0 Å². The quantitative estimate of drug-likeness (QED) is 0.851. The van der Waals surface area contributed by atoms with Gasteiger partial charge in [-0.3, -0.25) is 4.79 Å². The molecule has 1 aromatic carbocycles. The van der Waals surface area contributed by atoms with Gasteiger partial charge in [0.2, 0.25) is 5.91 Å². The number of amides is 1. The summed E-state index contributed by atoms with van der Waals surface area (Å²) in [5.74, 6) is 1.01. The van der Waals surface area contributed by atoms with E-state index in [1.54, 1.807) is 19.1 Å². The van der Waals surface area contributed by atoms with E-state index in [2.05, 4.69) is 0 Å². The summed E-state index contributed by atoms with van der Waals surface area (Å²) in [7, 11) is 1.48. The molecule has 1 aromatic rings. The van der Waals surface area contributed by atoms with Gasteiger partial charge >= 0.3 is 0 Å².